The van der Waals surface area contributed by atoms with Crippen LogP contribution in [0.1, 0.15) is 26.2 Å². The maximum Gasteiger partial charge on any atom is 0.241 e. The number of rotatable bonds is 6. The van der Waals surface area contributed by atoms with Gasteiger partial charge in [-0.15, -0.1) is 0 Å². The first-order chi connectivity index (χ1) is 10.3. The second-order valence-corrected chi connectivity index (χ2v) is 5.61. The largest absolute Gasteiger partial charge is 0.315 e. The second-order valence-electron chi connectivity index (χ2n) is 5.61. The SMILES string of the molecule is CCCCN(C(=O)CN1CCCNCC1)c1ccccc1. The van der Waals surface area contributed by atoms with E-state index in [2.05, 4.69) is 17.1 Å². The van der Waals surface area contributed by atoms with Crippen LogP contribution in [0, 0.1) is 0 Å². The van der Waals surface area contributed by atoms with E-state index in [0.29, 0.717) is 6.54 Å². The minimum atomic E-state index is 0.219. The summed E-state index contributed by atoms with van der Waals surface area (Å²) in [4.78, 5) is 16.9. The smallest absolute Gasteiger partial charge is 0.241 e. The Morgan fingerprint density at radius 1 is 1.24 bits per heavy atom. The molecule has 116 valence electrons. The molecule has 0 bridgehead atoms. The number of amides is 1. The van der Waals surface area contributed by atoms with Crippen LogP contribution in [0.15, 0.2) is 30.3 Å². The molecular weight excluding hydrogens is 262 g/mol. The highest BCUT2D eigenvalue weighted by Crippen LogP contribution is 2.15. The summed E-state index contributed by atoms with van der Waals surface area (Å²) in [6, 6.07) is 10.0. The van der Waals surface area contributed by atoms with E-state index in [0.717, 1.165) is 57.7 Å². The maximum atomic E-state index is 12.7. The lowest BCUT2D eigenvalue weighted by Crippen LogP contribution is -2.42. The van der Waals surface area contributed by atoms with E-state index in [9.17, 15) is 4.79 Å². The lowest BCUT2D eigenvalue weighted by Gasteiger charge is -2.26. The van der Waals surface area contributed by atoms with Crippen molar-refractivity contribution in [3.05, 3.63) is 30.3 Å². The summed E-state index contributed by atoms with van der Waals surface area (Å²) in [5, 5.41) is 3.38. The van der Waals surface area contributed by atoms with Gasteiger partial charge in [-0.3, -0.25) is 9.69 Å². The molecule has 1 saturated heterocycles. The van der Waals surface area contributed by atoms with E-state index in [1.165, 1.54) is 0 Å². The van der Waals surface area contributed by atoms with Crippen LogP contribution in [0.4, 0.5) is 5.69 Å². The molecule has 1 heterocycles. The number of hydrogen-bond donors (Lipinski definition) is 1. The standard InChI is InChI=1S/C17H27N3O/c1-2-3-13-20(16-8-5-4-6-9-16)17(21)15-19-12-7-10-18-11-14-19/h4-6,8-9,18H,2-3,7,10-15H2,1H3. The van der Waals surface area contributed by atoms with Gasteiger partial charge in [-0.05, 0) is 38.1 Å². The Hall–Kier alpha value is -1.39. The van der Waals surface area contributed by atoms with Gasteiger partial charge < -0.3 is 10.2 Å². The van der Waals surface area contributed by atoms with Crippen LogP contribution in [-0.2, 0) is 4.79 Å². The van der Waals surface area contributed by atoms with Crippen molar-refractivity contribution in [1.29, 1.82) is 0 Å². The number of unbranched alkanes of at least 4 members (excludes halogenated alkanes) is 1. The number of carbonyl (C=O) groups excluding carboxylic acids is 1. The number of hydrogen-bond acceptors (Lipinski definition) is 3. The number of nitrogens with one attached hydrogen (secondary N) is 1. The van der Waals surface area contributed by atoms with Crippen LogP contribution >= 0.6 is 0 Å². The Labute approximate surface area is 128 Å². The number of anilines is 1. The first kappa shape index (κ1) is 16.0. The highest BCUT2D eigenvalue weighted by Gasteiger charge is 2.19. The Kier molecular flexibility index (Phi) is 6.70. The molecule has 1 aliphatic rings. The van der Waals surface area contributed by atoms with Crippen molar-refractivity contribution in [2.45, 2.75) is 26.2 Å². The highest BCUT2D eigenvalue weighted by atomic mass is 16.2. The number of para-hydroxylation sites is 1. The van der Waals surface area contributed by atoms with Gasteiger partial charge in [-0.2, -0.15) is 0 Å². The molecule has 1 aliphatic heterocycles. The zero-order valence-corrected chi connectivity index (χ0v) is 13.1. The molecule has 2 rings (SSSR count). The Morgan fingerprint density at radius 3 is 2.81 bits per heavy atom. The van der Waals surface area contributed by atoms with Gasteiger partial charge in [0.2, 0.25) is 5.91 Å². The van der Waals surface area contributed by atoms with Gasteiger partial charge in [0.1, 0.15) is 0 Å². The third kappa shape index (κ3) is 5.14. The van der Waals surface area contributed by atoms with Gasteiger partial charge in [-0.25, -0.2) is 0 Å². The normalized spacial score (nSPS) is 16.4. The van der Waals surface area contributed by atoms with Gasteiger partial charge >= 0.3 is 0 Å². The summed E-state index contributed by atoms with van der Waals surface area (Å²) in [5.41, 5.74) is 1.02. The van der Waals surface area contributed by atoms with Crippen LogP contribution in [-0.4, -0.2) is 50.1 Å². The third-order valence-corrected chi connectivity index (χ3v) is 3.90. The Bertz CT molecular complexity index is 413. The molecule has 21 heavy (non-hydrogen) atoms. The van der Waals surface area contributed by atoms with Crippen molar-refractivity contribution in [2.75, 3.05) is 44.2 Å². The predicted molar refractivity (Wildman–Crippen MR) is 87.6 cm³/mol. The monoisotopic (exact) mass is 289 g/mol. The molecule has 1 amide bonds. The summed E-state index contributed by atoms with van der Waals surface area (Å²) in [7, 11) is 0. The molecule has 1 aromatic rings. The molecule has 1 fully saturated rings. The van der Waals surface area contributed by atoms with E-state index >= 15 is 0 Å². The molecule has 0 aliphatic carbocycles. The van der Waals surface area contributed by atoms with Crippen molar-refractivity contribution in [3.8, 4) is 0 Å². The van der Waals surface area contributed by atoms with Gasteiger partial charge in [0.15, 0.2) is 0 Å². The minimum absolute atomic E-state index is 0.219. The number of carbonyl (C=O) groups is 1. The molecule has 0 aromatic heterocycles. The van der Waals surface area contributed by atoms with Crippen molar-refractivity contribution in [3.63, 3.8) is 0 Å². The third-order valence-electron chi connectivity index (χ3n) is 3.90. The zero-order valence-electron chi connectivity index (χ0n) is 13.1. The van der Waals surface area contributed by atoms with Crippen LogP contribution in [0.5, 0.6) is 0 Å². The van der Waals surface area contributed by atoms with E-state index in [4.69, 9.17) is 0 Å². The average Bonchev–Trinajstić information content (AvgIpc) is 2.77. The first-order valence-electron chi connectivity index (χ1n) is 8.09. The molecule has 0 spiro atoms. The molecule has 4 heteroatoms. The highest BCUT2D eigenvalue weighted by molar-refractivity contribution is 5.94. The van der Waals surface area contributed by atoms with Crippen molar-refractivity contribution in [1.82, 2.24) is 10.2 Å². The summed E-state index contributed by atoms with van der Waals surface area (Å²) in [5.74, 6) is 0.219. The average molecular weight is 289 g/mol. The molecule has 1 N–H and O–H groups in total. The first-order valence-corrected chi connectivity index (χ1v) is 8.09. The maximum absolute atomic E-state index is 12.7. The van der Waals surface area contributed by atoms with Gasteiger partial charge in [0.25, 0.3) is 0 Å². The molecule has 0 unspecified atom stereocenters. The van der Waals surface area contributed by atoms with Crippen molar-refractivity contribution >= 4 is 11.6 Å². The van der Waals surface area contributed by atoms with E-state index < -0.39 is 0 Å². The van der Waals surface area contributed by atoms with Crippen molar-refractivity contribution in [2.24, 2.45) is 0 Å². The summed E-state index contributed by atoms with van der Waals surface area (Å²) < 4.78 is 0. The quantitative estimate of drug-likeness (QED) is 0.871. The summed E-state index contributed by atoms with van der Waals surface area (Å²) in [6.45, 7) is 7.51. The van der Waals surface area contributed by atoms with Crippen molar-refractivity contribution < 1.29 is 4.79 Å². The topological polar surface area (TPSA) is 35.6 Å². The summed E-state index contributed by atoms with van der Waals surface area (Å²) in [6.07, 6.45) is 3.26. The zero-order chi connectivity index (χ0) is 14.9. The molecule has 1 aromatic carbocycles. The second kappa shape index (κ2) is 8.80. The fraction of sp³-hybridized carbons (Fsp3) is 0.588. The van der Waals surface area contributed by atoms with Crippen LogP contribution in [0.3, 0.4) is 0 Å². The molecule has 0 radical (unpaired) electrons. The molecule has 0 saturated carbocycles. The minimum Gasteiger partial charge on any atom is -0.315 e. The Balaban J connectivity index is 1.99. The fourth-order valence-electron chi connectivity index (χ4n) is 2.66. The molecule has 0 atom stereocenters. The van der Waals surface area contributed by atoms with E-state index in [1.54, 1.807) is 0 Å². The number of benzene rings is 1. The lowest BCUT2D eigenvalue weighted by molar-refractivity contribution is -0.119. The molecule has 4 nitrogen and oxygen atoms in total. The van der Waals surface area contributed by atoms with E-state index in [1.807, 2.05) is 35.2 Å². The lowest BCUT2D eigenvalue weighted by atomic mass is 10.2. The fourth-order valence-corrected chi connectivity index (χ4v) is 2.66. The Morgan fingerprint density at radius 2 is 2.05 bits per heavy atom. The van der Waals surface area contributed by atoms with Crippen LogP contribution < -0.4 is 10.2 Å². The summed E-state index contributed by atoms with van der Waals surface area (Å²) >= 11 is 0. The predicted octanol–water partition coefficient (Wildman–Crippen LogP) is 2.11. The van der Waals surface area contributed by atoms with E-state index in [-0.39, 0.29) is 5.91 Å². The molecular formula is C17H27N3O. The van der Waals surface area contributed by atoms with Gasteiger partial charge in [0, 0.05) is 25.3 Å². The van der Waals surface area contributed by atoms with Crippen LogP contribution in [0.2, 0.25) is 0 Å². The van der Waals surface area contributed by atoms with Crippen LogP contribution in [0.25, 0.3) is 0 Å². The number of nitrogens with zero attached hydrogens (tertiary/aromatic N) is 2. The van der Waals surface area contributed by atoms with Gasteiger partial charge in [-0.1, -0.05) is 31.5 Å². The van der Waals surface area contributed by atoms with Gasteiger partial charge in [0.05, 0.1) is 6.54 Å².